The zero-order chi connectivity index (χ0) is 19.4. The van der Waals surface area contributed by atoms with E-state index in [1.807, 2.05) is 18.2 Å². The molecule has 4 atom stereocenters. The first-order chi connectivity index (χ1) is 12.5. The fourth-order valence-corrected chi connectivity index (χ4v) is 3.31. The second-order valence-corrected chi connectivity index (χ2v) is 7.05. The molecule has 0 radical (unpaired) electrons. The monoisotopic (exact) mass is 366 g/mol. The molecule has 1 fully saturated rings. The van der Waals surface area contributed by atoms with E-state index in [0.29, 0.717) is 19.3 Å². The SMILES string of the molecule is CCCCC[C@H](O)/C=C/[C@@H]1[C@@H](O)CC(=O)[C@@H]1C/C=C\CCCC(=O)OC. The summed E-state index contributed by atoms with van der Waals surface area (Å²) in [4.78, 5) is 23.2. The van der Waals surface area contributed by atoms with Crippen molar-refractivity contribution in [1.82, 2.24) is 0 Å². The molecule has 0 amide bonds. The number of methoxy groups -OCH3 is 1. The van der Waals surface area contributed by atoms with Crippen LogP contribution in [0, 0.1) is 11.8 Å². The highest BCUT2D eigenvalue weighted by Gasteiger charge is 2.39. The summed E-state index contributed by atoms with van der Waals surface area (Å²) in [5.41, 5.74) is 0. The smallest absolute Gasteiger partial charge is 0.305 e. The highest BCUT2D eigenvalue weighted by Crippen LogP contribution is 2.33. The van der Waals surface area contributed by atoms with Crippen molar-refractivity contribution in [2.75, 3.05) is 7.11 Å². The second-order valence-electron chi connectivity index (χ2n) is 7.05. The maximum atomic E-state index is 12.1. The Morgan fingerprint density at radius 1 is 1.31 bits per heavy atom. The number of unbranched alkanes of at least 4 members (excludes halogenated alkanes) is 3. The van der Waals surface area contributed by atoms with E-state index in [1.54, 1.807) is 6.08 Å². The van der Waals surface area contributed by atoms with E-state index in [9.17, 15) is 19.8 Å². The number of hydrogen-bond acceptors (Lipinski definition) is 5. The van der Waals surface area contributed by atoms with Crippen molar-refractivity contribution in [3.8, 4) is 0 Å². The van der Waals surface area contributed by atoms with Crippen LogP contribution in [0.1, 0.15) is 64.7 Å². The van der Waals surface area contributed by atoms with Gasteiger partial charge in [0.05, 0.1) is 19.3 Å². The van der Waals surface area contributed by atoms with Crippen LogP contribution in [0.3, 0.4) is 0 Å². The summed E-state index contributed by atoms with van der Waals surface area (Å²) in [7, 11) is 1.38. The van der Waals surface area contributed by atoms with Gasteiger partial charge in [0.2, 0.25) is 0 Å². The average molecular weight is 366 g/mol. The zero-order valence-corrected chi connectivity index (χ0v) is 16.1. The van der Waals surface area contributed by atoms with Crippen molar-refractivity contribution in [1.29, 1.82) is 0 Å². The predicted molar refractivity (Wildman–Crippen MR) is 102 cm³/mol. The first-order valence-corrected chi connectivity index (χ1v) is 9.78. The van der Waals surface area contributed by atoms with E-state index in [2.05, 4.69) is 11.7 Å². The third kappa shape index (κ3) is 8.28. The van der Waals surface area contributed by atoms with Gasteiger partial charge in [-0.2, -0.15) is 0 Å². The van der Waals surface area contributed by atoms with Crippen molar-refractivity contribution in [2.24, 2.45) is 11.8 Å². The van der Waals surface area contributed by atoms with Gasteiger partial charge in [0.1, 0.15) is 5.78 Å². The summed E-state index contributed by atoms with van der Waals surface area (Å²) < 4.78 is 4.59. The fourth-order valence-electron chi connectivity index (χ4n) is 3.31. The molecule has 0 aromatic heterocycles. The molecule has 0 aromatic rings. The fraction of sp³-hybridized carbons (Fsp3) is 0.714. The van der Waals surface area contributed by atoms with Gasteiger partial charge in [-0.05, 0) is 25.7 Å². The van der Waals surface area contributed by atoms with Crippen molar-refractivity contribution in [2.45, 2.75) is 76.9 Å². The van der Waals surface area contributed by atoms with Gasteiger partial charge >= 0.3 is 5.97 Å². The maximum absolute atomic E-state index is 12.1. The topological polar surface area (TPSA) is 83.8 Å². The van der Waals surface area contributed by atoms with Gasteiger partial charge in [-0.3, -0.25) is 9.59 Å². The van der Waals surface area contributed by atoms with E-state index in [4.69, 9.17) is 0 Å². The predicted octanol–water partition coefficient (Wildman–Crippen LogP) is 3.34. The summed E-state index contributed by atoms with van der Waals surface area (Å²) in [6.07, 6.45) is 12.8. The molecule has 1 rings (SSSR count). The largest absolute Gasteiger partial charge is 0.469 e. The lowest BCUT2D eigenvalue weighted by Gasteiger charge is -2.16. The molecule has 1 aliphatic rings. The van der Waals surface area contributed by atoms with Gasteiger partial charge in [0.15, 0.2) is 0 Å². The number of carbonyl (C=O) groups is 2. The van der Waals surface area contributed by atoms with Crippen molar-refractivity contribution >= 4 is 11.8 Å². The van der Waals surface area contributed by atoms with Crippen LogP contribution in [0.2, 0.25) is 0 Å². The number of aliphatic hydroxyl groups excluding tert-OH is 2. The Kier molecular flexibility index (Phi) is 11.1. The lowest BCUT2D eigenvalue weighted by Crippen LogP contribution is -2.18. The number of rotatable bonds is 12. The minimum Gasteiger partial charge on any atom is -0.469 e. The number of hydrogen-bond donors (Lipinski definition) is 2. The highest BCUT2D eigenvalue weighted by molar-refractivity contribution is 5.84. The normalized spacial score (nSPS) is 24.6. The van der Waals surface area contributed by atoms with Gasteiger partial charge in [-0.1, -0.05) is 50.5 Å². The summed E-state index contributed by atoms with van der Waals surface area (Å²) in [6, 6.07) is 0. The Morgan fingerprint density at radius 2 is 2.08 bits per heavy atom. The number of Topliss-reactive ketones (excluding diaryl/α,β-unsaturated/α-hetero) is 1. The van der Waals surface area contributed by atoms with Crippen LogP contribution in [-0.2, 0) is 14.3 Å². The molecule has 0 heterocycles. The molecule has 2 N–H and O–H groups in total. The van der Waals surface area contributed by atoms with Gasteiger partial charge in [0, 0.05) is 24.7 Å². The highest BCUT2D eigenvalue weighted by atomic mass is 16.5. The van der Waals surface area contributed by atoms with E-state index in [-0.39, 0.29) is 30.0 Å². The van der Waals surface area contributed by atoms with Crippen LogP contribution >= 0.6 is 0 Å². The van der Waals surface area contributed by atoms with Crippen LogP contribution < -0.4 is 0 Å². The Balaban J connectivity index is 2.46. The van der Waals surface area contributed by atoms with Gasteiger partial charge in [-0.15, -0.1) is 0 Å². The molecule has 0 aliphatic heterocycles. The first-order valence-electron chi connectivity index (χ1n) is 9.78. The van der Waals surface area contributed by atoms with Crippen LogP contribution in [0.25, 0.3) is 0 Å². The van der Waals surface area contributed by atoms with Crippen LogP contribution in [0.15, 0.2) is 24.3 Å². The third-order valence-electron chi connectivity index (χ3n) is 4.93. The number of allylic oxidation sites excluding steroid dienone is 2. The van der Waals surface area contributed by atoms with Gasteiger partial charge < -0.3 is 14.9 Å². The molecule has 0 bridgehead atoms. The Morgan fingerprint density at radius 3 is 2.77 bits per heavy atom. The maximum Gasteiger partial charge on any atom is 0.305 e. The first kappa shape index (κ1) is 22.6. The molecule has 0 saturated heterocycles. The third-order valence-corrected chi connectivity index (χ3v) is 4.93. The number of carbonyl (C=O) groups excluding carboxylic acids is 2. The van der Waals surface area contributed by atoms with Crippen LogP contribution in [0.4, 0.5) is 0 Å². The zero-order valence-electron chi connectivity index (χ0n) is 16.1. The minimum atomic E-state index is -0.667. The number of ether oxygens (including phenoxy) is 1. The summed E-state index contributed by atoms with van der Waals surface area (Å²) >= 11 is 0. The molecule has 0 aromatic carbocycles. The second kappa shape index (κ2) is 12.8. The van der Waals surface area contributed by atoms with Crippen LogP contribution in [0.5, 0.6) is 0 Å². The standard InChI is InChI=1S/C21H34O5/c1-3-4-7-10-16(22)13-14-18-17(19(23)15-20(18)24)11-8-5-6-9-12-21(25)26-2/h5,8,13-14,16-18,20,22,24H,3-4,6-7,9-12,15H2,1-2H3/b8-5-,14-13+/t16-,17+,18-,20-/m0/s1. The molecule has 1 aliphatic carbocycles. The Hall–Kier alpha value is -1.46. The van der Waals surface area contributed by atoms with Crippen molar-refractivity contribution in [3.05, 3.63) is 24.3 Å². The Labute approximate surface area is 157 Å². The van der Waals surface area contributed by atoms with Gasteiger partial charge in [0.25, 0.3) is 0 Å². The van der Waals surface area contributed by atoms with Crippen LogP contribution in [-0.4, -0.2) is 41.3 Å². The van der Waals surface area contributed by atoms with Crippen molar-refractivity contribution in [3.63, 3.8) is 0 Å². The molecule has 5 heteroatoms. The molecule has 26 heavy (non-hydrogen) atoms. The molecule has 5 nitrogen and oxygen atoms in total. The minimum absolute atomic E-state index is 0.0758. The lowest BCUT2D eigenvalue weighted by molar-refractivity contribution is -0.140. The van der Waals surface area contributed by atoms with E-state index in [0.717, 1.165) is 32.1 Å². The molecular weight excluding hydrogens is 332 g/mol. The van der Waals surface area contributed by atoms with E-state index >= 15 is 0 Å². The number of aliphatic hydroxyl groups is 2. The molecule has 0 spiro atoms. The number of esters is 1. The van der Waals surface area contributed by atoms with Crippen molar-refractivity contribution < 1.29 is 24.5 Å². The number of ketones is 1. The summed E-state index contributed by atoms with van der Waals surface area (Å²) in [5, 5.41) is 20.2. The summed E-state index contributed by atoms with van der Waals surface area (Å²) in [6.45, 7) is 2.12. The quantitative estimate of drug-likeness (QED) is 0.314. The van der Waals surface area contributed by atoms with E-state index in [1.165, 1.54) is 7.11 Å². The molecule has 1 saturated carbocycles. The van der Waals surface area contributed by atoms with E-state index < -0.39 is 12.2 Å². The average Bonchev–Trinajstić information content (AvgIpc) is 2.89. The summed E-state index contributed by atoms with van der Waals surface area (Å²) in [5.74, 6) is -0.606. The Bertz CT molecular complexity index is 483. The molecule has 0 unspecified atom stereocenters. The lowest BCUT2D eigenvalue weighted by atomic mass is 9.90. The molecule has 148 valence electrons. The molecular formula is C21H34O5. The van der Waals surface area contributed by atoms with Gasteiger partial charge in [-0.25, -0.2) is 0 Å².